The predicted octanol–water partition coefficient (Wildman–Crippen LogP) is 15.1. The number of anilines is 3. The molecule has 8 aromatic carbocycles. The van der Waals surface area contributed by atoms with E-state index >= 15 is 0 Å². The fourth-order valence-corrected chi connectivity index (χ4v) is 10.4. The van der Waals surface area contributed by atoms with E-state index in [1.54, 1.807) is 0 Å². The maximum absolute atomic E-state index is 6.43. The average molecular weight is 700 g/mol. The van der Waals surface area contributed by atoms with Crippen LogP contribution >= 0.6 is 22.7 Å². The molecule has 0 unspecified atom stereocenters. The number of para-hydroxylation sites is 1. The Morgan fingerprint density at radius 3 is 1.92 bits per heavy atom. The first-order valence-electron chi connectivity index (χ1n) is 17.5. The molecule has 4 heteroatoms. The van der Waals surface area contributed by atoms with Crippen LogP contribution in [-0.2, 0) is 0 Å². The van der Waals surface area contributed by atoms with Gasteiger partial charge in [0.2, 0.25) is 0 Å². The Balaban J connectivity index is 1.12. The lowest BCUT2D eigenvalue weighted by atomic mass is 10.0. The zero-order valence-corrected chi connectivity index (χ0v) is 29.5. The molecular formula is C48H29NOS2. The molecule has 0 aliphatic heterocycles. The summed E-state index contributed by atoms with van der Waals surface area (Å²) in [6, 6.07) is 63.6. The van der Waals surface area contributed by atoms with Crippen LogP contribution in [0.4, 0.5) is 17.1 Å². The van der Waals surface area contributed by atoms with Crippen molar-refractivity contribution in [2.24, 2.45) is 0 Å². The molecule has 0 saturated heterocycles. The van der Waals surface area contributed by atoms with Crippen molar-refractivity contribution in [1.29, 1.82) is 0 Å². The second-order valence-electron chi connectivity index (χ2n) is 13.2. The van der Waals surface area contributed by atoms with Gasteiger partial charge in [0, 0.05) is 46.7 Å². The lowest BCUT2D eigenvalue weighted by molar-refractivity contribution is 0.669. The fourth-order valence-electron chi connectivity index (χ4n) is 7.89. The molecule has 11 aromatic rings. The third kappa shape index (κ3) is 4.55. The predicted molar refractivity (Wildman–Crippen MR) is 225 cm³/mol. The van der Waals surface area contributed by atoms with Crippen LogP contribution in [0, 0.1) is 0 Å². The van der Waals surface area contributed by atoms with E-state index in [0.29, 0.717) is 0 Å². The van der Waals surface area contributed by atoms with Gasteiger partial charge in [-0.05, 0) is 70.8 Å². The van der Waals surface area contributed by atoms with E-state index in [-0.39, 0.29) is 0 Å². The normalized spacial score (nSPS) is 11.8. The number of nitrogens with zero attached hydrogens (tertiary/aromatic N) is 1. The molecule has 244 valence electrons. The second-order valence-corrected chi connectivity index (χ2v) is 15.3. The van der Waals surface area contributed by atoms with Gasteiger partial charge in [0.05, 0.1) is 21.5 Å². The highest BCUT2D eigenvalue weighted by atomic mass is 32.1. The maximum atomic E-state index is 6.43. The minimum absolute atomic E-state index is 0.881. The smallest absolute Gasteiger partial charge is 0.137 e. The highest BCUT2D eigenvalue weighted by Crippen LogP contribution is 2.49. The Morgan fingerprint density at radius 1 is 0.385 bits per heavy atom. The Hall–Kier alpha value is -6.20. The van der Waals surface area contributed by atoms with Crippen molar-refractivity contribution >= 4 is 102 Å². The van der Waals surface area contributed by atoms with Gasteiger partial charge in [0.1, 0.15) is 11.2 Å². The Morgan fingerprint density at radius 2 is 1.04 bits per heavy atom. The standard InChI is InChI=1S/C48H29NOS2/c1-2-11-31(12-3-1)34-15-8-16-37-38-17-9-19-41(48(38)52-47(34)37)49(40-18-10-21-43-46(40)39-14-4-6-20-42(39)50-43)33-26-23-30(24-27-33)32-25-28-36-35-13-5-7-22-44(35)51-45(36)29-32/h1-29H. The number of rotatable bonds is 5. The van der Waals surface area contributed by atoms with Crippen LogP contribution < -0.4 is 4.90 Å². The average Bonchev–Trinajstić information content (AvgIpc) is 3.90. The lowest BCUT2D eigenvalue weighted by Gasteiger charge is -2.27. The van der Waals surface area contributed by atoms with E-state index in [1.165, 1.54) is 62.6 Å². The first-order valence-corrected chi connectivity index (χ1v) is 19.1. The molecule has 0 radical (unpaired) electrons. The topological polar surface area (TPSA) is 16.4 Å². The van der Waals surface area contributed by atoms with E-state index in [0.717, 1.165) is 39.0 Å². The van der Waals surface area contributed by atoms with Gasteiger partial charge in [0.25, 0.3) is 0 Å². The summed E-state index contributed by atoms with van der Waals surface area (Å²) in [6.07, 6.45) is 0. The van der Waals surface area contributed by atoms with Gasteiger partial charge in [-0.2, -0.15) is 0 Å². The molecule has 0 fully saturated rings. The van der Waals surface area contributed by atoms with E-state index in [2.05, 4.69) is 175 Å². The van der Waals surface area contributed by atoms with Gasteiger partial charge < -0.3 is 9.32 Å². The third-order valence-electron chi connectivity index (χ3n) is 10.3. The number of hydrogen-bond acceptors (Lipinski definition) is 4. The monoisotopic (exact) mass is 699 g/mol. The summed E-state index contributed by atoms with van der Waals surface area (Å²) < 4.78 is 11.6. The Bertz CT molecular complexity index is 3130. The van der Waals surface area contributed by atoms with E-state index in [1.807, 2.05) is 28.7 Å². The van der Waals surface area contributed by atoms with Crippen LogP contribution in [0.3, 0.4) is 0 Å². The Labute approximate surface area is 308 Å². The van der Waals surface area contributed by atoms with Gasteiger partial charge in [-0.15, -0.1) is 22.7 Å². The number of thiophene rings is 2. The van der Waals surface area contributed by atoms with Gasteiger partial charge in [-0.1, -0.05) is 127 Å². The SMILES string of the molecule is c1ccc(-c2cccc3c2sc2c(N(c4ccc(-c5ccc6c(c5)sc5ccccc56)cc4)c4cccc5oc6ccccc6c45)cccc23)cc1. The lowest BCUT2D eigenvalue weighted by Crippen LogP contribution is -2.10. The molecule has 52 heavy (non-hydrogen) atoms. The molecule has 2 nitrogen and oxygen atoms in total. The number of benzene rings is 8. The summed E-state index contributed by atoms with van der Waals surface area (Å²) in [5, 5.41) is 7.41. The van der Waals surface area contributed by atoms with Crippen molar-refractivity contribution in [3.05, 3.63) is 176 Å². The molecule has 0 N–H and O–H groups in total. The first kappa shape index (κ1) is 29.5. The zero-order chi connectivity index (χ0) is 34.2. The quantitative estimate of drug-likeness (QED) is 0.178. The van der Waals surface area contributed by atoms with Crippen molar-refractivity contribution in [1.82, 2.24) is 0 Å². The van der Waals surface area contributed by atoms with Gasteiger partial charge in [0.15, 0.2) is 0 Å². The largest absolute Gasteiger partial charge is 0.456 e. The first-order chi connectivity index (χ1) is 25.8. The molecule has 0 aliphatic carbocycles. The summed E-state index contributed by atoms with van der Waals surface area (Å²) in [5.41, 5.74) is 10.0. The summed E-state index contributed by atoms with van der Waals surface area (Å²) in [4.78, 5) is 2.43. The van der Waals surface area contributed by atoms with Gasteiger partial charge in [-0.25, -0.2) is 0 Å². The molecule has 0 spiro atoms. The molecule has 0 saturated carbocycles. The van der Waals surface area contributed by atoms with Crippen LogP contribution in [0.2, 0.25) is 0 Å². The van der Waals surface area contributed by atoms with Crippen LogP contribution in [0.1, 0.15) is 0 Å². The van der Waals surface area contributed by atoms with Crippen LogP contribution in [0.5, 0.6) is 0 Å². The summed E-state index contributed by atoms with van der Waals surface area (Å²) in [5.74, 6) is 0. The highest BCUT2D eigenvalue weighted by molar-refractivity contribution is 7.27. The van der Waals surface area contributed by atoms with Crippen molar-refractivity contribution < 1.29 is 4.42 Å². The second kappa shape index (κ2) is 11.7. The molecule has 11 rings (SSSR count). The Kier molecular flexibility index (Phi) is 6.63. The minimum Gasteiger partial charge on any atom is -0.456 e. The van der Waals surface area contributed by atoms with Crippen molar-refractivity contribution in [3.8, 4) is 22.3 Å². The van der Waals surface area contributed by atoms with Crippen LogP contribution in [0.25, 0.3) is 84.5 Å². The summed E-state index contributed by atoms with van der Waals surface area (Å²) in [7, 11) is 0. The molecule has 3 aromatic heterocycles. The molecule has 0 bridgehead atoms. The summed E-state index contributed by atoms with van der Waals surface area (Å²) in [6.45, 7) is 0. The summed E-state index contributed by atoms with van der Waals surface area (Å²) >= 11 is 3.74. The van der Waals surface area contributed by atoms with Crippen molar-refractivity contribution in [2.75, 3.05) is 4.90 Å². The van der Waals surface area contributed by atoms with Crippen molar-refractivity contribution in [3.63, 3.8) is 0 Å². The van der Waals surface area contributed by atoms with E-state index in [9.17, 15) is 0 Å². The molecule has 0 amide bonds. The highest BCUT2D eigenvalue weighted by Gasteiger charge is 2.23. The number of hydrogen-bond donors (Lipinski definition) is 0. The minimum atomic E-state index is 0.881. The molecule has 0 aliphatic rings. The van der Waals surface area contributed by atoms with E-state index < -0.39 is 0 Å². The van der Waals surface area contributed by atoms with Gasteiger partial charge in [-0.3, -0.25) is 0 Å². The van der Waals surface area contributed by atoms with Gasteiger partial charge >= 0.3 is 0 Å². The molecule has 0 atom stereocenters. The number of furan rings is 1. The number of fused-ring (bicyclic) bond motifs is 9. The van der Waals surface area contributed by atoms with E-state index in [4.69, 9.17) is 4.42 Å². The van der Waals surface area contributed by atoms with Crippen molar-refractivity contribution in [2.45, 2.75) is 0 Å². The molecule has 3 heterocycles. The fraction of sp³-hybridized carbons (Fsp3) is 0. The molecular weight excluding hydrogens is 671 g/mol. The maximum Gasteiger partial charge on any atom is 0.137 e. The third-order valence-corrected chi connectivity index (χ3v) is 12.7. The van der Waals surface area contributed by atoms with Crippen LogP contribution in [-0.4, -0.2) is 0 Å². The van der Waals surface area contributed by atoms with Crippen LogP contribution in [0.15, 0.2) is 180 Å². The zero-order valence-electron chi connectivity index (χ0n) is 27.9.